The molecular formula is C5H10NS2-. The van der Waals surface area contributed by atoms with Crippen LogP contribution in [0.15, 0.2) is 0 Å². The van der Waals surface area contributed by atoms with Crippen molar-refractivity contribution in [2.24, 2.45) is 0 Å². The van der Waals surface area contributed by atoms with Crippen molar-refractivity contribution in [1.29, 1.82) is 0 Å². The molecule has 0 atom stereocenters. The van der Waals surface area contributed by atoms with Crippen LogP contribution in [0.5, 0.6) is 0 Å². The first-order valence-electron chi connectivity index (χ1n) is 2.72. The lowest BCUT2D eigenvalue weighted by Crippen LogP contribution is -2.19. The summed E-state index contributed by atoms with van der Waals surface area (Å²) in [6, 6.07) is 0. The molecule has 1 N–H and O–H groups in total. The van der Waals surface area contributed by atoms with Crippen molar-refractivity contribution < 1.29 is 0 Å². The first-order valence-corrected chi connectivity index (χ1v) is 3.54. The molecule has 0 fully saturated rings. The van der Waals surface area contributed by atoms with Crippen LogP contribution in [0.1, 0.15) is 19.8 Å². The van der Waals surface area contributed by atoms with Gasteiger partial charge in [-0.15, -0.1) is 0 Å². The van der Waals surface area contributed by atoms with Crippen molar-refractivity contribution in [2.75, 3.05) is 6.54 Å². The Morgan fingerprint density at radius 2 is 2.38 bits per heavy atom. The molecule has 0 bridgehead atoms. The summed E-state index contributed by atoms with van der Waals surface area (Å²) in [4.78, 5) is 0. The Bertz CT molecular complexity index is 72.8. The minimum absolute atomic E-state index is 0.485. The monoisotopic (exact) mass is 148 g/mol. The summed E-state index contributed by atoms with van der Waals surface area (Å²) >= 11 is 9.23. The summed E-state index contributed by atoms with van der Waals surface area (Å²) in [7, 11) is 0. The highest BCUT2D eigenvalue weighted by Crippen LogP contribution is 1.81. The second-order valence-electron chi connectivity index (χ2n) is 1.57. The van der Waals surface area contributed by atoms with E-state index in [1.54, 1.807) is 0 Å². The number of hydrogen-bond donors (Lipinski definition) is 1. The van der Waals surface area contributed by atoms with Crippen LogP contribution in [-0.2, 0) is 12.6 Å². The lowest BCUT2D eigenvalue weighted by atomic mass is 10.3. The SMILES string of the molecule is CCCCNC(=S)[S-]. The molecule has 48 valence electrons. The minimum Gasteiger partial charge on any atom is -0.412 e. The second-order valence-corrected chi connectivity index (χ2v) is 2.64. The second kappa shape index (κ2) is 5.25. The molecule has 0 saturated carbocycles. The van der Waals surface area contributed by atoms with Crippen LogP contribution in [0.25, 0.3) is 0 Å². The molecule has 0 spiro atoms. The van der Waals surface area contributed by atoms with Crippen molar-refractivity contribution in [3.63, 3.8) is 0 Å². The van der Waals surface area contributed by atoms with E-state index in [1.165, 1.54) is 6.42 Å². The van der Waals surface area contributed by atoms with Gasteiger partial charge in [-0.3, -0.25) is 0 Å². The highest BCUT2D eigenvalue weighted by molar-refractivity contribution is 8.00. The van der Waals surface area contributed by atoms with Crippen LogP contribution in [0.3, 0.4) is 0 Å². The van der Waals surface area contributed by atoms with Gasteiger partial charge in [-0.05, 0) is 6.42 Å². The third kappa shape index (κ3) is 6.11. The molecule has 8 heavy (non-hydrogen) atoms. The molecule has 1 nitrogen and oxygen atoms in total. The van der Waals surface area contributed by atoms with Gasteiger partial charge >= 0.3 is 0 Å². The van der Waals surface area contributed by atoms with E-state index in [1.807, 2.05) is 0 Å². The fourth-order valence-corrected chi connectivity index (χ4v) is 0.571. The quantitative estimate of drug-likeness (QED) is 0.367. The van der Waals surface area contributed by atoms with E-state index in [2.05, 4.69) is 37.1 Å². The maximum absolute atomic E-state index is 4.61. The third-order valence-corrected chi connectivity index (χ3v) is 1.09. The van der Waals surface area contributed by atoms with Gasteiger partial charge < -0.3 is 30.2 Å². The molecule has 0 aromatic heterocycles. The van der Waals surface area contributed by atoms with Crippen LogP contribution in [0.2, 0.25) is 0 Å². The highest BCUT2D eigenvalue weighted by Gasteiger charge is 1.77. The van der Waals surface area contributed by atoms with Crippen molar-refractivity contribution in [3.05, 3.63) is 0 Å². The van der Waals surface area contributed by atoms with Crippen molar-refractivity contribution in [1.82, 2.24) is 5.32 Å². The number of nitrogens with one attached hydrogen (secondary N) is 1. The summed E-state index contributed by atoms with van der Waals surface area (Å²) in [6.45, 7) is 3.06. The average Bonchev–Trinajstić information content (AvgIpc) is 1.66. The topological polar surface area (TPSA) is 12.0 Å². The zero-order valence-electron chi connectivity index (χ0n) is 4.94. The van der Waals surface area contributed by atoms with E-state index >= 15 is 0 Å². The van der Waals surface area contributed by atoms with Crippen LogP contribution in [0.4, 0.5) is 0 Å². The fraction of sp³-hybridized carbons (Fsp3) is 0.800. The van der Waals surface area contributed by atoms with Crippen LogP contribution in [-0.4, -0.2) is 10.9 Å². The Balaban J connectivity index is 2.82. The van der Waals surface area contributed by atoms with Gasteiger partial charge in [0.05, 0.1) is 0 Å². The normalized spacial score (nSPS) is 8.62. The Morgan fingerprint density at radius 3 is 2.75 bits per heavy atom. The standard InChI is InChI=1S/C5H11NS2/c1-2-3-4-6-5(7)8/h2-4H2,1H3,(H2,6,7,8)/p-1. The number of unbranched alkanes of at least 4 members (excludes halogenated alkanes) is 1. The molecule has 0 aromatic rings. The fourth-order valence-electron chi connectivity index (χ4n) is 0.367. The molecule has 0 aliphatic carbocycles. The summed E-state index contributed by atoms with van der Waals surface area (Å²) in [6.07, 6.45) is 2.34. The molecule has 0 unspecified atom stereocenters. The number of thiocarbonyl (C=S) groups is 1. The summed E-state index contributed by atoms with van der Waals surface area (Å²) in [5.74, 6) is 0. The van der Waals surface area contributed by atoms with Gasteiger partial charge in [0.2, 0.25) is 0 Å². The van der Waals surface area contributed by atoms with E-state index < -0.39 is 0 Å². The van der Waals surface area contributed by atoms with E-state index in [0.29, 0.717) is 4.32 Å². The zero-order valence-corrected chi connectivity index (χ0v) is 6.57. The van der Waals surface area contributed by atoms with Gasteiger partial charge in [0.25, 0.3) is 0 Å². The summed E-state index contributed by atoms with van der Waals surface area (Å²) < 4.78 is 0.485. The van der Waals surface area contributed by atoms with Gasteiger partial charge in [0.1, 0.15) is 0 Å². The molecule has 0 amide bonds. The molecule has 0 radical (unpaired) electrons. The van der Waals surface area contributed by atoms with Gasteiger partial charge in [-0.25, -0.2) is 0 Å². The summed E-state index contributed by atoms with van der Waals surface area (Å²) in [5.41, 5.74) is 0. The first-order chi connectivity index (χ1) is 3.77. The number of rotatable bonds is 3. The van der Waals surface area contributed by atoms with Crippen molar-refractivity contribution >= 4 is 29.2 Å². The predicted octanol–water partition coefficient (Wildman–Crippen LogP) is 1.21. The Labute approximate surface area is 61.3 Å². The molecule has 0 rings (SSSR count). The third-order valence-electron chi connectivity index (χ3n) is 0.800. The largest absolute Gasteiger partial charge is 0.412 e. The Kier molecular flexibility index (Phi) is 5.32. The Hall–Kier alpha value is 0.110. The maximum Gasteiger partial charge on any atom is 0.0131 e. The van der Waals surface area contributed by atoms with E-state index in [0.717, 1.165) is 13.0 Å². The maximum atomic E-state index is 4.61. The molecule has 0 heterocycles. The van der Waals surface area contributed by atoms with E-state index in [9.17, 15) is 0 Å². The van der Waals surface area contributed by atoms with E-state index in [-0.39, 0.29) is 0 Å². The lowest BCUT2D eigenvalue weighted by Gasteiger charge is -2.06. The molecule has 0 saturated heterocycles. The summed E-state index contributed by atoms with van der Waals surface area (Å²) in [5, 5.41) is 2.89. The molecule has 3 heteroatoms. The molecule has 0 aromatic carbocycles. The van der Waals surface area contributed by atoms with E-state index in [4.69, 9.17) is 0 Å². The van der Waals surface area contributed by atoms with Crippen molar-refractivity contribution in [2.45, 2.75) is 19.8 Å². The van der Waals surface area contributed by atoms with Crippen LogP contribution >= 0.6 is 12.2 Å². The Morgan fingerprint density at radius 1 is 1.75 bits per heavy atom. The molecule has 0 aliphatic heterocycles. The highest BCUT2D eigenvalue weighted by atomic mass is 32.1. The minimum atomic E-state index is 0.485. The zero-order chi connectivity index (χ0) is 6.41. The van der Waals surface area contributed by atoms with Gasteiger partial charge in [-0.1, -0.05) is 17.7 Å². The average molecular weight is 148 g/mol. The van der Waals surface area contributed by atoms with Crippen LogP contribution < -0.4 is 5.32 Å². The first kappa shape index (κ1) is 8.11. The van der Waals surface area contributed by atoms with Gasteiger partial charge in [0.15, 0.2) is 0 Å². The predicted molar refractivity (Wildman–Crippen MR) is 42.9 cm³/mol. The number of hydrogen-bond acceptors (Lipinski definition) is 2. The van der Waals surface area contributed by atoms with Gasteiger partial charge in [-0.2, -0.15) is 0 Å². The molecular weight excluding hydrogens is 138 g/mol. The smallest absolute Gasteiger partial charge is 0.0131 e. The van der Waals surface area contributed by atoms with Gasteiger partial charge in [0, 0.05) is 6.54 Å². The molecule has 0 aliphatic rings. The van der Waals surface area contributed by atoms with Crippen LogP contribution in [0, 0.1) is 0 Å². The lowest BCUT2D eigenvalue weighted by molar-refractivity contribution is 0.763. The van der Waals surface area contributed by atoms with Crippen molar-refractivity contribution in [3.8, 4) is 0 Å².